The zero-order chi connectivity index (χ0) is 9.42. The second-order valence-electron chi connectivity index (χ2n) is 3.55. The molecule has 70 valence electrons. The van der Waals surface area contributed by atoms with E-state index >= 15 is 0 Å². The molecule has 0 fully saturated rings. The first-order valence-electron chi connectivity index (χ1n) is 4.36. The summed E-state index contributed by atoms with van der Waals surface area (Å²) in [5, 5.41) is 0. The summed E-state index contributed by atoms with van der Waals surface area (Å²) in [6, 6.07) is 1.78. The second kappa shape index (κ2) is 2.88. The first-order valence-corrected chi connectivity index (χ1v) is 4.36. The lowest BCUT2D eigenvalue weighted by Crippen LogP contribution is -2.29. The Kier molecular flexibility index (Phi) is 1.84. The molecule has 0 unspecified atom stereocenters. The Bertz CT molecular complexity index is 383. The maximum Gasteiger partial charge on any atom is 0.271 e. The van der Waals surface area contributed by atoms with Crippen LogP contribution in [0.25, 0.3) is 0 Å². The topological polar surface area (TPSA) is 62.1 Å². The predicted octanol–water partition coefficient (Wildman–Crippen LogP) is -0.0550. The molecule has 4 heteroatoms. The van der Waals surface area contributed by atoms with Crippen molar-refractivity contribution in [3.63, 3.8) is 0 Å². The largest absolute Gasteiger partial charge is 0.394 e. The van der Waals surface area contributed by atoms with E-state index in [1.807, 2.05) is 0 Å². The van der Waals surface area contributed by atoms with Gasteiger partial charge in [-0.3, -0.25) is 4.79 Å². The highest BCUT2D eigenvalue weighted by molar-refractivity contribution is 5.40. The van der Waals surface area contributed by atoms with E-state index in [-0.39, 0.29) is 5.56 Å². The Labute approximate surface area is 76.4 Å². The predicted molar refractivity (Wildman–Crippen MR) is 51.5 cm³/mol. The maximum atomic E-state index is 11.2. The van der Waals surface area contributed by atoms with Gasteiger partial charge in [0.15, 0.2) is 0 Å². The van der Waals surface area contributed by atoms with Crippen molar-refractivity contribution < 1.29 is 0 Å². The van der Waals surface area contributed by atoms with Crippen LogP contribution in [0.3, 0.4) is 0 Å². The molecule has 0 saturated carbocycles. The molecule has 0 amide bonds. The standard InChI is InChI=1S/C9H13N3O/c1-12-3-2-8-6(5-12)4-7(10)9(13)11-8/h4H,2-3,5,10H2,1H3,(H,11,13). The normalized spacial score (nSPS) is 17.0. The van der Waals surface area contributed by atoms with Crippen LogP contribution in [-0.4, -0.2) is 23.5 Å². The molecule has 13 heavy (non-hydrogen) atoms. The van der Waals surface area contributed by atoms with Gasteiger partial charge < -0.3 is 15.6 Å². The van der Waals surface area contributed by atoms with Crippen LogP contribution in [0, 0.1) is 0 Å². The lowest BCUT2D eigenvalue weighted by atomic mass is 10.1. The minimum atomic E-state index is -0.164. The first kappa shape index (κ1) is 8.31. The van der Waals surface area contributed by atoms with Gasteiger partial charge in [0, 0.05) is 25.2 Å². The summed E-state index contributed by atoms with van der Waals surface area (Å²) < 4.78 is 0. The zero-order valence-corrected chi connectivity index (χ0v) is 7.63. The fourth-order valence-electron chi connectivity index (χ4n) is 1.67. The Morgan fingerprint density at radius 2 is 2.38 bits per heavy atom. The van der Waals surface area contributed by atoms with Crippen LogP contribution in [0.15, 0.2) is 10.9 Å². The highest BCUT2D eigenvalue weighted by Crippen LogP contribution is 2.15. The van der Waals surface area contributed by atoms with E-state index in [1.54, 1.807) is 6.07 Å². The first-order chi connectivity index (χ1) is 6.16. The molecular weight excluding hydrogens is 166 g/mol. The Hall–Kier alpha value is -1.29. The van der Waals surface area contributed by atoms with Crippen molar-refractivity contribution in [2.45, 2.75) is 13.0 Å². The monoisotopic (exact) mass is 179 g/mol. The van der Waals surface area contributed by atoms with Crippen molar-refractivity contribution in [1.29, 1.82) is 0 Å². The van der Waals surface area contributed by atoms with Gasteiger partial charge >= 0.3 is 0 Å². The van der Waals surface area contributed by atoms with E-state index in [4.69, 9.17) is 5.73 Å². The molecule has 0 atom stereocenters. The molecule has 0 aliphatic carbocycles. The lowest BCUT2D eigenvalue weighted by Gasteiger charge is -2.24. The minimum absolute atomic E-state index is 0.164. The van der Waals surface area contributed by atoms with E-state index in [1.165, 1.54) is 0 Å². The van der Waals surface area contributed by atoms with Gasteiger partial charge in [0.1, 0.15) is 0 Å². The summed E-state index contributed by atoms with van der Waals surface area (Å²) in [5.41, 5.74) is 7.86. The highest BCUT2D eigenvalue weighted by Gasteiger charge is 2.14. The van der Waals surface area contributed by atoms with Gasteiger partial charge in [-0.25, -0.2) is 0 Å². The highest BCUT2D eigenvalue weighted by atomic mass is 16.1. The molecule has 0 bridgehead atoms. The fraction of sp³-hybridized carbons (Fsp3) is 0.444. The summed E-state index contributed by atoms with van der Waals surface area (Å²) >= 11 is 0. The molecule has 1 aromatic rings. The number of hydrogen-bond donors (Lipinski definition) is 2. The zero-order valence-electron chi connectivity index (χ0n) is 7.63. The Balaban J connectivity index is 2.49. The van der Waals surface area contributed by atoms with E-state index in [0.717, 1.165) is 30.8 Å². The van der Waals surface area contributed by atoms with Crippen molar-refractivity contribution in [2.24, 2.45) is 0 Å². The maximum absolute atomic E-state index is 11.2. The number of nitrogens with zero attached hydrogens (tertiary/aromatic N) is 1. The average molecular weight is 179 g/mol. The third kappa shape index (κ3) is 1.45. The molecule has 4 nitrogen and oxygen atoms in total. The summed E-state index contributed by atoms with van der Waals surface area (Å²) in [5.74, 6) is 0. The summed E-state index contributed by atoms with van der Waals surface area (Å²) in [7, 11) is 2.06. The molecule has 1 aromatic heterocycles. The van der Waals surface area contributed by atoms with Gasteiger partial charge in [-0.05, 0) is 18.7 Å². The summed E-state index contributed by atoms with van der Waals surface area (Å²) in [6.45, 7) is 1.86. The van der Waals surface area contributed by atoms with Crippen LogP contribution in [0.1, 0.15) is 11.3 Å². The average Bonchev–Trinajstić information content (AvgIpc) is 2.08. The number of nitrogen functional groups attached to an aromatic ring is 1. The fourth-order valence-corrected chi connectivity index (χ4v) is 1.67. The van der Waals surface area contributed by atoms with Gasteiger partial charge in [-0.2, -0.15) is 0 Å². The molecule has 0 spiro atoms. The number of anilines is 1. The molecule has 3 N–H and O–H groups in total. The van der Waals surface area contributed by atoms with Crippen LogP contribution < -0.4 is 11.3 Å². The van der Waals surface area contributed by atoms with Crippen LogP contribution >= 0.6 is 0 Å². The molecular formula is C9H13N3O. The summed E-state index contributed by atoms with van der Waals surface area (Å²) in [6.07, 6.45) is 0.904. The quantitative estimate of drug-likeness (QED) is 0.586. The third-order valence-electron chi connectivity index (χ3n) is 2.43. The number of rotatable bonds is 0. The van der Waals surface area contributed by atoms with Gasteiger partial charge in [-0.15, -0.1) is 0 Å². The number of aromatic nitrogens is 1. The number of H-pyrrole nitrogens is 1. The Morgan fingerprint density at radius 3 is 3.15 bits per heavy atom. The molecule has 0 radical (unpaired) electrons. The number of pyridine rings is 1. The smallest absolute Gasteiger partial charge is 0.271 e. The van der Waals surface area contributed by atoms with Gasteiger partial charge in [0.2, 0.25) is 0 Å². The van der Waals surface area contributed by atoms with Crippen molar-refractivity contribution in [3.8, 4) is 0 Å². The van der Waals surface area contributed by atoms with Crippen LogP contribution in [0.4, 0.5) is 5.69 Å². The van der Waals surface area contributed by atoms with Crippen molar-refractivity contribution >= 4 is 5.69 Å². The van der Waals surface area contributed by atoms with Gasteiger partial charge in [-0.1, -0.05) is 0 Å². The Morgan fingerprint density at radius 1 is 1.62 bits per heavy atom. The number of likely N-dealkylation sites (N-methyl/N-ethyl adjacent to an activating group) is 1. The van der Waals surface area contributed by atoms with Crippen molar-refractivity contribution in [2.75, 3.05) is 19.3 Å². The van der Waals surface area contributed by atoms with E-state index in [0.29, 0.717) is 5.69 Å². The minimum Gasteiger partial charge on any atom is -0.394 e. The molecule has 1 aliphatic heterocycles. The molecule has 2 rings (SSSR count). The SMILES string of the molecule is CN1CCc2[nH]c(=O)c(N)cc2C1. The number of nitrogens with two attached hydrogens (primary N) is 1. The van der Waals surface area contributed by atoms with Crippen molar-refractivity contribution in [3.05, 3.63) is 27.7 Å². The van der Waals surface area contributed by atoms with Gasteiger partial charge in [0.25, 0.3) is 5.56 Å². The molecule has 1 aliphatic rings. The van der Waals surface area contributed by atoms with E-state index < -0.39 is 0 Å². The van der Waals surface area contributed by atoms with Crippen LogP contribution in [0.5, 0.6) is 0 Å². The molecule has 0 saturated heterocycles. The number of aromatic amines is 1. The van der Waals surface area contributed by atoms with Crippen LogP contribution in [-0.2, 0) is 13.0 Å². The third-order valence-corrected chi connectivity index (χ3v) is 2.43. The van der Waals surface area contributed by atoms with Crippen molar-refractivity contribution in [1.82, 2.24) is 9.88 Å². The van der Waals surface area contributed by atoms with E-state index in [2.05, 4.69) is 16.9 Å². The number of hydrogen-bond acceptors (Lipinski definition) is 3. The van der Waals surface area contributed by atoms with E-state index in [9.17, 15) is 4.79 Å². The number of nitrogens with one attached hydrogen (secondary N) is 1. The molecule has 0 aromatic carbocycles. The molecule has 2 heterocycles. The number of fused-ring (bicyclic) bond motifs is 1. The lowest BCUT2D eigenvalue weighted by molar-refractivity contribution is 0.310. The van der Waals surface area contributed by atoms with Crippen LogP contribution in [0.2, 0.25) is 0 Å². The summed E-state index contributed by atoms with van der Waals surface area (Å²) in [4.78, 5) is 16.2. The second-order valence-corrected chi connectivity index (χ2v) is 3.55. The van der Waals surface area contributed by atoms with Gasteiger partial charge in [0.05, 0.1) is 5.69 Å².